The second kappa shape index (κ2) is 8.53. The van der Waals surface area contributed by atoms with Gasteiger partial charge in [-0.2, -0.15) is 0 Å². The smallest absolute Gasteiger partial charge is 0.207 e. The van der Waals surface area contributed by atoms with Crippen LogP contribution in [0.25, 0.3) is 0 Å². The number of hydrogen-bond acceptors (Lipinski definition) is 2. The Hall–Kier alpha value is -0.570. The van der Waals surface area contributed by atoms with Crippen molar-refractivity contribution in [1.29, 1.82) is 0 Å². The Morgan fingerprint density at radius 1 is 1.17 bits per heavy atom. The summed E-state index contributed by atoms with van der Waals surface area (Å²) in [5.41, 5.74) is 0. The highest BCUT2D eigenvalue weighted by Crippen LogP contribution is 1.92. The van der Waals surface area contributed by atoms with Gasteiger partial charge in [0.05, 0.1) is 0 Å². The van der Waals surface area contributed by atoms with E-state index in [1.54, 1.807) is 0 Å². The molecular weight excluding hydrogens is 152 g/mol. The molecule has 0 aromatic rings. The van der Waals surface area contributed by atoms with E-state index < -0.39 is 0 Å². The summed E-state index contributed by atoms with van der Waals surface area (Å²) in [6, 6.07) is 0.582. The van der Waals surface area contributed by atoms with E-state index in [-0.39, 0.29) is 0 Å². The van der Waals surface area contributed by atoms with Crippen LogP contribution in [0.15, 0.2) is 0 Å². The molecule has 0 aliphatic carbocycles. The molecule has 0 atom stereocenters. The van der Waals surface area contributed by atoms with Crippen LogP contribution in [-0.4, -0.2) is 25.5 Å². The van der Waals surface area contributed by atoms with Crippen molar-refractivity contribution in [2.45, 2.75) is 39.2 Å². The third-order valence-corrected chi connectivity index (χ3v) is 1.63. The zero-order valence-electron chi connectivity index (χ0n) is 8.10. The number of hydrogen-bond donors (Lipinski definition) is 2. The van der Waals surface area contributed by atoms with Gasteiger partial charge in [-0.15, -0.1) is 0 Å². The summed E-state index contributed by atoms with van der Waals surface area (Å²) < 4.78 is 0. The molecule has 3 heteroatoms. The predicted octanol–water partition coefficient (Wildman–Crippen LogP) is 0.901. The molecule has 0 saturated carbocycles. The summed E-state index contributed by atoms with van der Waals surface area (Å²) in [4.78, 5) is 9.86. The van der Waals surface area contributed by atoms with Crippen LogP contribution >= 0.6 is 0 Å². The van der Waals surface area contributed by atoms with Gasteiger partial charge in [-0.3, -0.25) is 4.79 Å². The average molecular weight is 172 g/mol. The maximum atomic E-state index is 9.86. The third-order valence-electron chi connectivity index (χ3n) is 1.63. The van der Waals surface area contributed by atoms with E-state index in [0.717, 1.165) is 25.9 Å². The number of unbranched alkanes of at least 4 members (excludes halogenated alkanes) is 2. The van der Waals surface area contributed by atoms with Crippen LogP contribution in [0.4, 0.5) is 0 Å². The number of rotatable bonds is 8. The second-order valence-corrected chi connectivity index (χ2v) is 3.24. The lowest BCUT2D eigenvalue weighted by Crippen LogP contribution is -2.23. The quantitative estimate of drug-likeness (QED) is 0.422. The highest BCUT2D eigenvalue weighted by molar-refractivity contribution is 5.45. The minimum absolute atomic E-state index is 0.582. The van der Waals surface area contributed by atoms with Crippen molar-refractivity contribution in [3.8, 4) is 0 Å². The Balaban J connectivity index is 2.86. The lowest BCUT2D eigenvalue weighted by Gasteiger charge is -2.06. The standard InChI is InChI=1S/C9H20N2O/c1-9(2)11-7-5-3-4-6-10-8-12/h8-9,11H,3-7H2,1-2H3,(H,10,12). The fourth-order valence-corrected chi connectivity index (χ4v) is 0.979. The Morgan fingerprint density at radius 2 is 1.83 bits per heavy atom. The zero-order chi connectivity index (χ0) is 9.23. The van der Waals surface area contributed by atoms with Crippen LogP contribution in [0.1, 0.15) is 33.1 Å². The van der Waals surface area contributed by atoms with Gasteiger partial charge in [0.25, 0.3) is 0 Å². The number of amides is 1. The molecule has 0 fully saturated rings. The Morgan fingerprint density at radius 3 is 2.42 bits per heavy atom. The number of carbonyl (C=O) groups is 1. The van der Waals surface area contributed by atoms with Gasteiger partial charge in [0.2, 0.25) is 6.41 Å². The van der Waals surface area contributed by atoms with E-state index >= 15 is 0 Å². The minimum atomic E-state index is 0.582. The van der Waals surface area contributed by atoms with E-state index in [1.807, 2.05) is 0 Å². The van der Waals surface area contributed by atoms with Crippen molar-refractivity contribution >= 4 is 6.41 Å². The van der Waals surface area contributed by atoms with Crippen molar-refractivity contribution < 1.29 is 4.79 Å². The van der Waals surface area contributed by atoms with Crippen molar-refractivity contribution in [2.75, 3.05) is 13.1 Å². The van der Waals surface area contributed by atoms with Gasteiger partial charge in [0, 0.05) is 12.6 Å². The van der Waals surface area contributed by atoms with Crippen LogP contribution in [0.2, 0.25) is 0 Å². The van der Waals surface area contributed by atoms with Gasteiger partial charge in [0.1, 0.15) is 0 Å². The summed E-state index contributed by atoms with van der Waals surface area (Å²) in [6.45, 7) is 6.19. The highest BCUT2D eigenvalue weighted by atomic mass is 16.1. The summed E-state index contributed by atoms with van der Waals surface area (Å²) in [7, 11) is 0. The summed E-state index contributed by atoms with van der Waals surface area (Å²) in [6.07, 6.45) is 4.21. The van der Waals surface area contributed by atoms with E-state index in [1.165, 1.54) is 12.8 Å². The normalized spacial score (nSPS) is 10.2. The summed E-state index contributed by atoms with van der Waals surface area (Å²) >= 11 is 0. The van der Waals surface area contributed by atoms with Crippen LogP contribution in [0.5, 0.6) is 0 Å². The second-order valence-electron chi connectivity index (χ2n) is 3.24. The Labute approximate surface area is 74.9 Å². The van der Waals surface area contributed by atoms with Gasteiger partial charge >= 0.3 is 0 Å². The van der Waals surface area contributed by atoms with E-state index in [9.17, 15) is 4.79 Å². The molecule has 0 aliphatic heterocycles. The monoisotopic (exact) mass is 172 g/mol. The molecule has 72 valence electrons. The largest absolute Gasteiger partial charge is 0.359 e. The van der Waals surface area contributed by atoms with E-state index in [4.69, 9.17) is 0 Å². The van der Waals surface area contributed by atoms with Gasteiger partial charge in [0.15, 0.2) is 0 Å². The average Bonchev–Trinajstić information content (AvgIpc) is 2.02. The van der Waals surface area contributed by atoms with Gasteiger partial charge in [-0.1, -0.05) is 20.3 Å². The van der Waals surface area contributed by atoms with Gasteiger partial charge in [-0.05, 0) is 19.4 Å². The molecule has 0 spiro atoms. The van der Waals surface area contributed by atoms with Crippen LogP contribution < -0.4 is 10.6 Å². The number of nitrogens with one attached hydrogen (secondary N) is 2. The lowest BCUT2D eigenvalue weighted by molar-refractivity contribution is -0.109. The topological polar surface area (TPSA) is 41.1 Å². The highest BCUT2D eigenvalue weighted by Gasteiger charge is 1.91. The van der Waals surface area contributed by atoms with Crippen molar-refractivity contribution in [3.05, 3.63) is 0 Å². The fourth-order valence-electron chi connectivity index (χ4n) is 0.979. The molecule has 0 heterocycles. The molecule has 0 rings (SSSR count). The van der Waals surface area contributed by atoms with Gasteiger partial charge < -0.3 is 10.6 Å². The zero-order valence-corrected chi connectivity index (χ0v) is 8.10. The molecule has 3 nitrogen and oxygen atoms in total. The van der Waals surface area contributed by atoms with Gasteiger partial charge in [-0.25, -0.2) is 0 Å². The maximum Gasteiger partial charge on any atom is 0.207 e. The molecule has 12 heavy (non-hydrogen) atoms. The minimum Gasteiger partial charge on any atom is -0.359 e. The van der Waals surface area contributed by atoms with Crippen molar-refractivity contribution in [2.24, 2.45) is 0 Å². The molecule has 1 amide bonds. The Kier molecular flexibility index (Phi) is 8.12. The molecule has 0 unspecified atom stereocenters. The summed E-state index contributed by atoms with van der Waals surface area (Å²) in [5.74, 6) is 0. The molecule has 0 bridgehead atoms. The molecule has 0 radical (unpaired) electrons. The van der Waals surface area contributed by atoms with E-state index in [0.29, 0.717) is 6.04 Å². The molecule has 0 aliphatic rings. The van der Waals surface area contributed by atoms with Crippen molar-refractivity contribution in [3.63, 3.8) is 0 Å². The SMILES string of the molecule is CC(C)NCCCCCNC=O. The molecule has 0 aromatic heterocycles. The van der Waals surface area contributed by atoms with Crippen molar-refractivity contribution in [1.82, 2.24) is 10.6 Å². The summed E-state index contributed by atoms with van der Waals surface area (Å²) in [5, 5.41) is 5.99. The molecule has 2 N–H and O–H groups in total. The molecular formula is C9H20N2O. The van der Waals surface area contributed by atoms with E-state index in [2.05, 4.69) is 24.5 Å². The van der Waals surface area contributed by atoms with Crippen LogP contribution in [-0.2, 0) is 4.79 Å². The molecule has 0 aromatic carbocycles. The molecule has 0 saturated heterocycles. The Bertz CT molecular complexity index is 105. The first-order valence-electron chi connectivity index (χ1n) is 4.67. The first-order valence-corrected chi connectivity index (χ1v) is 4.67. The maximum absolute atomic E-state index is 9.86. The third kappa shape index (κ3) is 9.43. The fraction of sp³-hybridized carbons (Fsp3) is 0.889. The van der Waals surface area contributed by atoms with Crippen LogP contribution in [0, 0.1) is 0 Å². The van der Waals surface area contributed by atoms with Crippen LogP contribution in [0.3, 0.4) is 0 Å². The first kappa shape index (κ1) is 11.4. The number of carbonyl (C=O) groups excluding carboxylic acids is 1. The lowest BCUT2D eigenvalue weighted by atomic mass is 10.2. The first-order chi connectivity index (χ1) is 5.77. The predicted molar refractivity (Wildman–Crippen MR) is 51.1 cm³/mol.